The van der Waals surface area contributed by atoms with Gasteiger partial charge < -0.3 is 45.2 Å². The van der Waals surface area contributed by atoms with Crippen LogP contribution >= 0.6 is 0 Å². The van der Waals surface area contributed by atoms with Crippen molar-refractivity contribution in [2.24, 2.45) is 0 Å². The van der Waals surface area contributed by atoms with Crippen LogP contribution in [0.5, 0.6) is 23.0 Å². The van der Waals surface area contributed by atoms with Gasteiger partial charge in [-0.25, -0.2) is 14.4 Å². The molecule has 196 valence electrons. The standard InChI is InChI=1S/C25H24O12/c26-15-5-1-13(9-17(15)28)3-7-21(31)36-20-12-25(24(34)35,11-19(30)23(20)33)37-22(32)8-4-14-2-6-16(27)18(29)10-14/h1-10,19-20,23,26-30,33H,11-12H2,(H,34,35)/b7-3+,8-4+/t19-,20+,23+,25-/m0/s1. The molecule has 2 aromatic carbocycles. The number of rotatable bonds is 7. The number of esters is 2. The van der Waals surface area contributed by atoms with Gasteiger partial charge in [0.15, 0.2) is 23.0 Å². The lowest BCUT2D eigenvalue weighted by Crippen LogP contribution is -2.58. The number of ether oxygens (including phenoxy) is 2. The maximum Gasteiger partial charge on any atom is 0.348 e. The Bertz CT molecular complexity index is 1250. The lowest BCUT2D eigenvalue weighted by molar-refractivity contribution is -0.207. The number of hydrogen-bond donors (Lipinski definition) is 7. The third-order valence-electron chi connectivity index (χ3n) is 5.62. The minimum atomic E-state index is -2.34. The van der Waals surface area contributed by atoms with Gasteiger partial charge in [-0.05, 0) is 47.5 Å². The first kappa shape index (κ1) is 27.0. The summed E-state index contributed by atoms with van der Waals surface area (Å²) in [5.74, 6) is -5.41. The Labute approximate surface area is 209 Å². The molecule has 3 rings (SSSR count). The number of aliphatic carboxylic acids is 1. The van der Waals surface area contributed by atoms with Crippen LogP contribution in [0.2, 0.25) is 0 Å². The van der Waals surface area contributed by atoms with Crippen molar-refractivity contribution in [2.45, 2.75) is 36.8 Å². The van der Waals surface area contributed by atoms with Crippen LogP contribution in [0.15, 0.2) is 48.6 Å². The van der Waals surface area contributed by atoms with Gasteiger partial charge in [-0.1, -0.05) is 12.1 Å². The molecule has 7 N–H and O–H groups in total. The number of hydrogen-bond acceptors (Lipinski definition) is 11. The molecule has 1 aliphatic rings. The molecular weight excluding hydrogens is 492 g/mol. The number of carboxylic acid groups (broad SMARTS) is 1. The molecule has 0 unspecified atom stereocenters. The molecule has 37 heavy (non-hydrogen) atoms. The summed E-state index contributed by atoms with van der Waals surface area (Å²) in [6, 6.07) is 7.44. The molecule has 1 saturated carbocycles. The molecule has 0 saturated heterocycles. The smallest absolute Gasteiger partial charge is 0.348 e. The highest BCUT2D eigenvalue weighted by Gasteiger charge is 2.54. The van der Waals surface area contributed by atoms with E-state index in [1.807, 2.05) is 0 Å². The van der Waals surface area contributed by atoms with Crippen molar-refractivity contribution in [3.63, 3.8) is 0 Å². The van der Waals surface area contributed by atoms with Crippen LogP contribution in [0.3, 0.4) is 0 Å². The Balaban J connectivity index is 1.73. The van der Waals surface area contributed by atoms with E-state index in [-0.39, 0.29) is 17.1 Å². The van der Waals surface area contributed by atoms with Crippen LogP contribution in [0, 0.1) is 0 Å². The monoisotopic (exact) mass is 516 g/mol. The lowest BCUT2D eigenvalue weighted by atomic mass is 9.79. The zero-order valence-electron chi connectivity index (χ0n) is 19.1. The summed E-state index contributed by atoms with van der Waals surface area (Å²) in [5, 5.41) is 68.0. The van der Waals surface area contributed by atoms with Crippen LogP contribution < -0.4 is 0 Å². The maximum absolute atomic E-state index is 12.4. The van der Waals surface area contributed by atoms with Gasteiger partial charge in [-0.2, -0.15) is 0 Å². The van der Waals surface area contributed by atoms with E-state index in [0.29, 0.717) is 5.56 Å². The molecule has 0 bridgehead atoms. The first-order valence-electron chi connectivity index (χ1n) is 10.8. The number of phenolic OH excluding ortho intramolecular Hbond substituents is 4. The molecule has 0 amide bonds. The van der Waals surface area contributed by atoms with E-state index in [1.54, 1.807) is 0 Å². The quantitative estimate of drug-likeness (QED) is 0.156. The molecule has 0 radical (unpaired) electrons. The second-order valence-corrected chi connectivity index (χ2v) is 8.33. The van der Waals surface area contributed by atoms with E-state index in [4.69, 9.17) is 9.47 Å². The third-order valence-corrected chi connectivity index (χ3v) is 5.62. The van der Waals surface area contributed by atoms with Crippen molar-refractivity contribution in [3.8, 4) is 23.0 Å². The fourth-order valence-electron chi connectivity index (χ4n) is 3.68. The van der Waals surface area contributed by atoms with Crippen molar-refractivity contribution in [1.82, 2.24) is 0 Å². The van der Waals surface area contributed by atoms with E-state index in [0.717, 1.165) is 18.2 Å². The average Bonchev–Trinajstić information content (AvgIpc) is 2.83. The average molecular weight is 516 g/mol. The Morgan fingerprint density at radius 2 is 1.30 bits per heavy atom. The Kier molecular flexibility index (Phi) is 8.05. The molecule has 0 heterocycles. The van der Waals surface area contributed by atoms with Gasteiger partial charge in [-0.15, -0.1) is 0 Å². The first-order valence-corrected chi connectivity index (χ1v) is 10.8. The van der Waals surface area contributed by atoms with Gasteiger partial charge in [0, 0.05) is 25.0 Å². The predicted octanol–water partition coefficient (Wildman–Crippen LogP) is 1.03. The van der Waals surface area contributed by atoms with Crippen LogP contribution in [0.25, 0.3) is 12.2 Å². The van der Waals surface area contributed by atoms with Crippen molar-refractivity contribution in [2.75, 3.05) is 0 Å². The highest BCUT2D eigenvalue weighted by atomic mass is 16.6. The molecule has 1 aliphatic carbocycles. The zero-order valence-corrected chi connectivity index (χ0v) is 19.1. The number of carboxylic acids is 1. The number of benzene rings is 2. The zero-order chi connectivity index (χ0) is 27.3. The number of aliphatic hydroxyl groups is 2. The lowest BCUT2D eigenvalue weighted by Gasteiger charge is -2.41. The Morgan fingerprint density at radius 3 is 1.78 bits per heavy atom. The van der Waals surface area contributed by atoms with Crippen molar-refractivity contribution in [1.29, 1.82) is 0 Å². The highest BCUT2D eigenvalue weighted by molar-refractivity contribution is 5.91. The molecule has 1 fully saturated rings. The summed E-state index contributed by atoms with van der Waals surface area (Å²) in [6.45, 7) is 0. The van der Waals surface area contributed by atoms with Crippen molar-refractivity contribution in [3.05, 3.63) is 59.7 Å². The van der Waals surface area contributed by atoms with E-state index >= 15 is 0 Å². The van der Waals surface area contributed by atoms with Gasteiger partial charge in [0.1, 0.15) is 12.2 Å². The second kappa shape index (κ2) is 11.0. The van der Waals surface area contributed by atoms with Crippen molar-refractivity contribution < 1.29 is 59.6 Å². The van der Waals surface area contributed by atoms with Gasteiger partial charge >= 0.3 is 17.9 Å². The minimum Gasteiger partial charge on any atom is -0.504 e. The fraction of sp³-hybridized carbons (Fsp3) is 0.240. The largest absolute Gasteiger partial charge is 0.504 e. The van der Waals surface area contributed by atoms with Crippen LogP contribution in [0.1, 0.15) is 24.0 Å². The summed E-state index contributed by atoms with van der Waals surface area (Å²) in [6.07, 6.45) is -2.09. The summed E-state index contributed by atoms with van der Waals surface area (Å²) in [5.41, 5.74) is -1.73. The van der Waals surface area contributed by atoms with Gasteiger partial charge in [0.25, 0.3) is 0 Å². The molecule has 0 aliphatic heterocycles. The van der Waals surface area contributed by atoms with Gasteiger partial charge in [-0.3, -0.25) is 0 Å². The summed E-state index contributed by atoms with van der Waals surface area (Å²) >= 11 is 0. The topological polar surface area (TPSA) is 211 Å². The van der Waals surface area contributed by atoms with Crippen LogP contribution in [-0.4, -0.2) is 77.6 Å². The van der Waals surface area contributed by atoms with Crippen LogP contribution in [0.4, 0.5) is 0 Å². The van der Waals surface area contributed by atoms with Crippen molar-refractivity contribution >= 4 is 30.1 Å². The molecule has 0 spiro atoms. The van der Waals surface area contributed by atoms with Gasteiger partial charge in [0.05, 0.1) is 6.10 Å². The normalized spacial score (nSPS) is 23.7. The molecule has 0 aromatic heterocycles. The fourth-order valence-corrected chi connectivity index (χ4v) is 3.68. The maximum atomic E-state index is 12.4. The Morgan fingerprint density at radius 1 is 0.784 bits per heavy atom. The number of phenols is 4. The Hall–Kier alpha value is -4.55. The number of carbonyl (C=O) groups is 3. The SMILES string of the molecule is O=C(/C=C/c1ccc(O)c(O)c1)O[C@@H]1C[C@](OC(=O)/C=C/c2ccc(O)c(O)c2)(C(=O)O)C[C@H](O)[C@H]1O. The first-order chi connectivity index (χ1) is 17.4. The van der Waals surface area contributed by atoms with Gasteiger partial charge in [0.2, 0.25) is 5.60 Å². The molecular formula is C25H24O12. The molecule has 2 aromatic rings. The highest BCUT2D eigenvalue weighted by Crippen LogP contribution is 2.35. The molecule has 12 heteroatoms. The predicted molar refractivity (Wildman–Crippen MR) is 125 cm³/mol. The number of aliphatic hydroxyl groups excluding tert-OH is 2. The van der Waals surface area contributed by atoms with E-state index in [1.165, 1.54) is 42.5 Å². The third kappa shape index (κ3) is 6.57. The van der Waals surface area contributed by atoms with E-state index in [2.05, 4.69) is 0 Å². The summed E-state index contributed by atoms with van der Waals surface area (Å²) in [7, 11) is 0. The molecule has 4 atom stereocenters. The minimum absolute atomic E-state index is 0.288. The van der Waals surface area contributed by atoms with E-state index < -0.39 is 66.2 Å². The number of carbonyl (C=O) groups excluding carboxylic acids is 2. The second-order valence-electron chi connectivity index (χ2n) is 8.33. The summed E-state index contributed by atoms with van der Waals surface area (Å²) < 4.78 is 10.2. The van der Waals surface area contributed by atoms with E-state index in [9.17, 15) is 50.1 Å². The summed E-state index contributed by atoms with van der Waals surface area (Å²) in [4.78, 5) is 36.7. The van der Waals surface area contributed by atoms with Crippen LogP contribution in [-0.2, 0) is 23.9 Å². The number of aromatic hydroxyl groups is 4. The molecule has 12 nitrogen and oxygen atoms in total.